The van der Waals surface area contributed by atoms with Crippen molar-refractivity contribution in [1.82, 2.24) is 19.9 Å². The van der Waals surface area contributed by atoms with Crippen LogP contribution in [0.15, 0.2) is 48.8 Å². The Bertz CT molecular complexity index is 1140. The largest absolute Gasteiger partial charge is 0.369 e. The number of hydrogen-bond donors (Lipinski definition) is 6. The molecular weight excluding hydrogens is 451 g/mol. The minimum absolute atomic E-state index is 0. The van der Waals surface area contributed by atoms with Crippen LogP contribution in [0.3, 0.4) is 0 Å². The highest BCUT2D eigenvalue weighted by Crippen LogP contribution is 2.26. The highest BCUT2D eigenvalue weighted by atomic mass is 35.5. The van der Waals surface area contributed by atoms with Crippen LogP contribution in [-0.4, -0.2) is 26.0 Å². The summed E-state index contributed by atoms with van der Waals surface area (Å²) in [5, 5.41) is 5.77. The summed E-state index contributed by atoms with van der Waals surface area (Å²) >= 11 is 0. The number of aryl methyl sites for hydroxylation is 2. The quantitative estimate of drug-likeness (QED) is 0.252. The molecule has 0 spiro atoms. The van der Waals surface area contributed by atoms with Gasteiger partial charge in [0.05, 0.1) is 23.8 Å². The van der Waals surface area contributed by atoms with Gasteiger partial charge in [-0.05, 0) is 49.2 Å². The number of carbonyl (C=O) groups excluding carboxylic acids is 1. The van der Waals surface area contributed by atoms with E-state index in [1.54, 1.807) is 12.4 Å². The van der Waals surface area contributed by atoms with Crippen LogP contribution < -0.4 is 22.1 Å². The number of urea groups is 1. The van der Waals surface area contributed by atoms with Gasteiger partial charge in [-0.1, -0.05) is 12.1 Å². The third kappa shape index (κ3) is 5.32. The number of nitrogens with one attached hydrogen (secondary N) is 4. The molecule has 0 unspecified atom stereocenters. The van der Waals surface area contributed by atoms with E-state index in [-0.39, 0.29) is 30.8 Å². The molecule has 2 aromatic heterocycles. The molecule has 2 amide bonds. The van der Waals surface area contributed by atoms with Gasteiger partial charge in [-0.3, -0.25) is 0 Å². The van der Waals surface area contributed by atoms with Crippen LogP contribution in [0.25, 0.3) is 22.5 Å². The number of halogens is 2. The standard InChI is InChI=1S/C21H22N8O.2ClH/c1-11-7-13(17-9-24-19(22)26-17)3-5-15(11)28-21(30)29-16-6-4-14(8-12(16)2)18-10-25-20(23)27-18;;/h3-10H,1-2H3,(H3,22,24,26)(H3,23,25,27)(H2,28,29,30);2*1H. The van der Waals surface area contributed by atoms with Crippen molar-refractivity contribution in [3.63, 3.8) is 0 Å². The second-order valence-electron chi connectivity index (χ2n) is 7.00. The molecule has 2 heterocycles. The summed E-state index contributed by atoms with van der Waals surface area (Å²) in [6.07, 6.45) is 3.35. The first kappa shape index (κ1) is 24.6. The number of nitrogens with two attached hydrogens (primary N) is 2. The fourth-order valence-electron chi connectivity index (χ4n) is 3.19. The van der Waals surface area contributed by atoms with Crippen molar-refractivity contribution in [2.45, 2.75) is 13.8 Å². The molecule has 0 aliphatic carbocycles. The van der Waals surface area contributed by atoms with Crippen LogP contribution in [-0.2, 0) is 0 Å². The zero-order valence-corrected chi connectivity index (χ0v) is 19.0. The molecule has 0 saturated heterocycles. The molecule has 32 heavy (non-hydrogen) atoms. The zero-order valence-electron chi connectivity index (χ0n) is 17.4. The summed E-state index contributed by atoms with van der Waals surface area (Å²) in [5.74, 6) is 0.725. The lowest BCUT2D eigenvalue weighted by atomic mass is 10.1. The van der Waals surface area contributed by atoms with Crippen molar-refractivity contribution in [3.05, 3.63) is 59.9 Å². The number of H-pyrrole nitrogens is 2. The summed E-state index contributed by atoms with van der Waals surface area (Å²) in [5.41, 5.74) is 18.1. The lowest BCUT2D eigenvalue weighted by Crippen LogP contribution is -2.20. The summed E-state index contributed by atoms with van der Waals surface area (Å²) in [6, 6.07) is 11.1. The lowest BCUT2D eigenvalue weighted by Gasteiger charge is -2.13. The normalized spacial score (nSPS) is 10.1. The molecule has 4 aromatic rings. The molecule has 2 aromatic carbocycles. The molecule has 9 nitrogen and oxygen atoms in total. The molecule has 4 rings (SSSR count). The highest BCUT2D eigenvalue weighted by molar-refractivity contribution is 6.01. The van der Waals surface area contributed by atoms with Crippen LogP contribution in [0.1, 0.15) is 11.1 Å². The number of benzene rings is 2. The van der Waals surface area contributed by atoms with E-state index < -0.39 is 0 Å². The summed E-state index contributed by atoms with van der Waals surface area (Å²) in [6.45, 7) is 3.85. The number of carbonyl (C=O) groups is 1. The number of amides is 2. The van der Waals surface area contributed by atoms with Crippen molar-refractivity contribution in [1.29, 1.82) is 0 Å². The number of aromatic amines is 2. The Morgan fingerprint density at radius 3 is 1.50 bits per heavy atom. The maximum absolute atomic E-state index is 12.5. The fraction of sp³-hybridized carbons (Fsp3) is 0.0952. The molecule has 0 atom stereocenters. The third-order valence-corrected chi connectivity index (χ3v) is 4.76. The monoisotopic (exact) mass is 474 g/mol. The van der Waals surface area contributed by atoms with Gasteiger partial charge in [-0.2, -0.15) is 0 Å². The van der Waals surface area contributed by atoms with Gasteiger partial charge in [-0.25, -0.2) is 14.8 Å². The van der Waals surface area contributed by atoms with E-state index in [1.165, 1.54) is 0 Å². The summed E-state index contributed by atoms with van der Waals surface area (Å²) in [7, 11) is 0. The number of nitrogen functional groups attached to an aromatic ring is 2. The number of nitrogens with zero attached hydrogens (tertiary/aromatic N) is 2. The Hall–Kier alpha value is -3.69. The van der Waals surface area contributed by atoms with E-state index in [1.807, 2.05) is 50.2 Å². The SMILES string of the molecule is Cc1cc(-c2cnc(N)[nH]2)ccc1NC(=O)Nc1ccc(-c2cnc(N)[nH]2)cc1C.Cl.Cl. The average Bonchev–Trinajstić information content (AvgIpc) is 3.33. The van der Waals surface area contributed by atoms with Crippen molar-refractivity contribution >= 4 is 54.1 Å². The Labute approximate surface area is 197 Å². The molecule has 168 valence electrons. The summed E-state index contributed by atoms with van der Waals surface area (Å²) in [4.78, 5) is 26.5. The van der Waals surface area contributed by atoms with Gasteiger partial charge >= 0.3 is 6.03 Å². The number of hydrogen-bond acceptors (Lipinski definition) is 5. The maximum atomic E-state index is 12.5. The molecule has 0 aliphatic rings. The molecule has 0 saturated carbocycles. The second-order valence-corrected chi connectivity index (χ2v) is 7.00. The smallest absolute Gasteiger partial charge is 0.323 e. The van der Waals surface area contributed by atoms with Gasteiger partial charge in [0.25, 0.3) is 0 Å². The van der Waals surface area contributed by atoms with E-state index in [9.17, 15) is 4.79 Å². The minimum Gasteiger partial charge on any atom is -0.369 e. The minimum atomic E-state index is -0.321. The average molecular weight is 475 g/mol. The topological polar surface area (TPSA) is 151 Å². The van der Waals surface area contributed by atoms with Crippen LogP contribution in [0.2, 0.25) is 0 Å². The van der Waals surface area contributed by atoms with Crippen molar-refractivity contribution in [2.24, 2.45) is 0 Å². The second kappa shape index (κ2) is 10.1. The van der Waals surface area contributed by atoms with E-state index in [0.717, 1.165) is 33.6 Å². The number of aromatic nitrogens is 4. The van der Waals surface area contributed by atoms with E-state index in [2.05, 4.69) is 30.6 Å². The maximum Gasteiger partial charge on any atom is 0.323 e. The molecule has 8 N–H and O–H groups in total. The Kier molecular flexibility index (Phi) is 7.74. The van der Waals surface area contributed by atoms with E-state index >= 15 is 0 Å². The lowest BCUT2D eigenvalue weighted by molar-refractivity contribution is 0.262. The van der Waals surface area contributed by atoms with Crippen molar-refractivity contribution in [3.8, 4) is 22.5 Å². The number of imidazole rings is 2. The number of anilines is 4. The van der Waals surface area contributed by atoms with Gasteiger partial charge in [0.1, 0.15) is 0 Å². The van der Waals surface area contributed by atoms with Crippen LogP contribution in [0.4, 0.5) is 28.1 Å². The van der Waals surface area contributed by atoms with Crippen molar-refractivity contribution in [2.75, 3.05) is 22.1 Å². The van der Waals surface area contributed by atoms with E-state index in [4.69, 9.17) is 11.5 Å². The predicted molar refractivity (Wildman–Crippen MR) is 133 cm³/mol. The van der Waals surface area contributed by atoms with Crippen molar-refractivity contribution < 1.29 is 4.79 Å². The first-order valence-corrected chi connectivity index (χ1v) is 9.30. The number of rotatable bonds is 4. The Balaban J connectivity index is 0.00000181. The third-order valence-electron chi connectivity index (χ3n) is 4.76. The fourth-order valence-corrected chi connectivity index (χ4v) is 3.19. The molecular formula is C21H24Cl2N8O. The van der Waals surface area contributed by atoms with Crippen LogP contribution in [0, 0.1) is 13.8 Å². The van der Waals surface area contributed by atoms with Crippen LogP contribution in [0.5, 0.6) is 0 Å². The van der Waals surface area contributed by atoms with Gasteiger partial charge in [0.2, 0.25) is 0 Å². The zero-order chi connectivity index (χ0) is 21.3. The van der Waals surface area contributed by atoms with Gasteiger partial charge < -0.3 is 32.1 Å². The van der Waals surface area contributed by atoms with Gasteiger partial charge in [-0.15, -0.1) is 24.8 Å². The first-order chi connectivity index (χ1) is 14.4. The van der Waals surface area contributed by atoms with Gasteiger partial charge in [0, 0.05) is 22.5 Å². The predicted octanol–water partition coefficient (Wildman–Crippen LogP) is 4.74. The van der Waals surface area contributed by atoms with Gasteiger partial charge in [0.15, 0.2) is 11.9 Å². The van der Waals surface area contributed by atoms with Crippen LogP contribution >= 0.6 is 24.8 Å². The molecule has 0 bridgehead atoms. The Morgan fingerprint density at radius 2 is 1.19 bits per heavy atom. The first-order valence-electron chi connectivity index (χ1n) is 9.30. The molecule has 0 fully saturated rings. The highest BCUT2D eigenvalue weighted by Gasteiger charge is 2.10. The Morgan fingerprint density at radius 1 is 0.781 bits per heavy atom. The molecule has 0 aliphatic heterocycles. The molecule has 11 heteroatoms. The summed E-state index contributed by atoms with van der Waals surface area (Å²) < 4.78 is 0. The van der Waals surface area contributed by atoms with E-state index in [0.29, 0.717) is 23.3 Å². The molecule has 0 radical (unpaired) electrons.